The van der Waals surface area contributed by atoms with E-state index in [4.69, 9.17) is 0 Å². The molecule has 3 aromatic rings. The number of rotatable bonds is 1. The van der Waals surface area contributed by atoms with Crippen LogP contribution in [0.25, 0.3) is 4.96 Å². The van der Waals surface area contributed by atoms with Crippen molar-refractivity contribution < 1.29 is 9.59 Å². The number of anilines is 1. The number of hydrogen-bond donors (Lipinski definition) is 0. The highest BCUT2D eigenvalue weighted by atomic mass is 32.1. The second kappa shape index (κ2) is 4.10. The highest BCUT2D eigenvalue weighted by Gasteiger charge is 2.41. The summed E-state index contributed by atoms with van der Waals surface area (Å²) in [6.45, 7) is 0. The molecule has 0 N–H and O–H groups in total. The van der Waals surface area contributed by atoms with Gasteiger partial charge < -0.3 is 0 Å². The zero-order chi connectivity index (χ0) is 14.6. The normalized spacial score (nSPS) is 14.0. The molecule has 0 spiro atoms. The lowest BCUT2D eigenvalue weighted by atomic mass is 10.3. The van der Waals surface area contributed by atoms with Crippen LogP contribution in [-0.4, -0.2) is 21.2 Å². The van der Waals surface area contributed by atoms with E-state index in [0.717, 1.165) is 16.2 Å². The average Bonchev–Trinajstić information content (AvgIpc) is 2.98. The van der Waals surface area contributed by atoms with E-state index in [9.17, 15) is 14.4 Å². The first-order valence-electron chi connectivity index (χ1n) is 6.13. The van der Waals surface area contributed by atoms with E-state index in [0.29, 0.717) is 10.6 Å². The minimum absolute atomic E-state index is 0.0990. The minimum atomic E-state index is -0.498. The Morgan fingerprint density at radius 2 is 1.71 bits per heavy atom. The van der Waals surface area contributed by atoms with Gasteiger partial charge in [0.25, 0.3) is 17.4 Å². The van der Waals surface area contributed by atoms with Crippen molar-refractivity contribution in [1.82, 2.24) is 9.38 Å². The number of carbonyl (C=O) groups excluding carboxylic acids is 2. The highest BCUT2D eigenvalue weighted by Crippen LogP contribution is 2.32. The van der Waals surface area contributed by atoms with Gasteiger partial charge in [0.15, 0.2) is 4.96 Å². The van der Waals surface area contributed by atoms with Gasteiger partial charge in [0.1, 0.15) is 10.6 Å². The van der Waals surface area contributed by atoms with E-state index >= 15 is 0 Å². The second-order valence-corrected chi connectivity index (χ2v) is 5.44. The summed E-state index contributed by atoms with van der Waals surface area (Å²) in [7, 11) is 0. The standard InChI is InChI=1S/C14H7N3O3S/c18-9-6-7-15-14-17(9)10-11(21-14)13(20)16(12(10)19)8-4-2-1-3-5-8/h1-7H. The maximum Gasteiger partial charge on any atom is 0.284 e. The maximum atomic E-state index is 12.6. The van der Waals surface area contributed by atoms with Crippen molar-refractivity contribution in [3.63, 3.8) is 0 Å². The van der Waals surface area contributed by atoms with Crippen molar-refractivity contribution in [3.05, 3.63) is 63.5 Å². The third kappa shape index (κ3) is 1.52. The van der Waals surface area contributed by atoms with E-state index < -0.39 is 11.8 Å². The summed E-state index contributed by atoms with van der Waals surface area (Å²) < 4.78 is 1.20. The Morgan fingerprint density at radius 3 is 2.48 bits per heavy atom. The lowest BCUT2D eigenvalue weighted by Gasteiger charge is -2.13. The molecule has 1 aromatic carbocycles. The first kappa shape index (κ1) is 12.0. The molecule has 7 heteroatoms. The number of thiazole rings is 1. The summed E-state index contributed by atoms with van der Waals surface area (Å²) in [6.07, 6.45) is 1.37. The Labute approximate surface area is 121 Å². The summed E-state index contributed by atoms with van der Waals surface area (Å²) in [4.78, 5) is 42.7. The summed E-state index contributed by atoms with van der Waals surface area (Å²) in [5, 5.41) is 0. The van der Waals surface area contributed by atoms with Crippen LogP contribution in [0.2, 0.25) is 0 Å². The molecule has 4 rings (SSSR count). The van der Waals surface area contributed by atoms with E-state index in [1.807, 2.05) is 0 Å². The van der Waals surface area contributed by atoms with Crippen LogP contribution in [0.3, 0.4) is 0 Å². The van der Waals surface area contributed by atoms with Gasteiger partial charge in [-0.1, -0.05) is 29.5 Å². The van der Waals surface area contributed by atoms with Crippen molar-refractivity contribution in [2.24, 2.45) is 0 Å². The SMILES string of the molecule is O=C1c2sc3nccc(=O)n3c2C(=O)N1c1ccccc1. The van der Waals surface area contributed by atoms with Crippen LogP contribution in [0.15, 0.2) is 47.4 Å². The molecule has 1 aliphatic rings. The van der Waals surface area contributed by atoms with Crippen LogP contribution >= 0.6 is 11.3 Å². The zero-order valence-electron chi connectivity index (χ0n) is 10.5. The molecule has 102 valence electrons. The predicted molar refractivity (Wildman–Crippen MR) is 76.9 cm³/mol. The molecule has 3 heterocycles. The molecule has 2 amide bonds. The van der Waals surface area contributed by atoms with Crippen molar-refractivity contribution >= 4 is 33.8 Å². The van der Waals surface area contributed by atoms with Crippen LogP contribution in [-0.2, 0) is 0 Å². The second-order valence-electron chi connectivity index (χ2n) is 4.46. The number of carbonyl (C=O) groups is 2. The molecule has 0 unspecified atom stereocenters. The predicted octanol–water partition coefficient (Wildman–Crippen LogP) is 1.56. The third-order valence-corrected chi connectivity index (χ3v) is 4.31. The maximum absolute atomic E-state index is 12.6. The fourth-order valence-corrected chi connectivity index (χ4v) is 3.38. The summed E-state index contributed by atoms with van der Waals surface area (Å²) >= 11 is 1.05. The number of nitrogens with zero attached hydrogens (tertiary/aromatic N) is 3. The van der Waals surface area contributed by atoms with Crippen LogP contribution in [0.4, 0.5) is 5.69 Å². The minimum Gasteiger partial charge on any atom is -0.269 e. The topological polar surface area (TPSA) is 71.7 Å². The fraction of sp³-hybridized carbons (Fsp3) is 0. The number of benzene rings is 1. The number of amides is 2. The molecule has 0 aliphatic carbocycles. The van der Waals surface area contributed by atoms with Gasteiger partial charge >= 0.3 is 0 Å². The van der Waals surface area contributed by atoms with E-state index in [2.05, 4.69) is 4.98 Å². The fourth-order valence-electron chi connectivity index (χ4n) is 2.36. The zero-order valence-corrected chi connectivity index (χ0v) is 11.3. The molecule has 2 aromatic heterocycles. The number of aromatic nitrogens is 2. The van der Waals surface area contributed by atoms with Crippen molar-refractivity contribution in [1.29, 1.82) is 0 Å². The van der Waals surface area contributed by atoms with Crippen molar-refractivity contribution in [2.75, 3.05) is 4.90 Å². The molecule has 0 bridgehead atoms. The molecular weight excluding hydrogens is 290 g/mol. The first-order chi connectivity index (χ1) is 10.2. The summed E-state index contributed by atoms with van der Waals surface area (Å²) in [6, 6.07) is 9.91. The molecule has 0 atom stereocenters. The number of fused-ring (bicyclic) bond motifs is 3. The Morgan fingerprint density at radius 1 is 0.952 bits per heavy atom. The van der Waals surface area contributed by atoms with E-state index in [1.165, 1.54) is 16.7 Å². The van der Waals surface area contributed by atoms with Crippen LogP contribution < -0.4 is 10.5 Å². The van der Waals surface area contributed by atoms with Gasteiger partial charge in [-0.05, 0) is 12.1 Å². The van der Waals surface area contributed by atoms with Crippen molar-refractivity contribution in [2.45, 2.75) is 0 Å². The van der Waals surface area contributed by atoms with Gasteiger partial charge in [0.05, 0.1) is 5.69 Å². The summed E-state index contributed by atoms with van der Waals surface area (Å²) in [5.74, 6) is -0.918. The average molecular weight is 297 g/mol. The molecule has 0 saturated heterocycles. The van der Waals surface area contributed by atoms with Crippen molar-refractivity contribution in [3.8, 4) is 0 Å². The molecule has 0 fully saturated rings. The Bertz CT molecular complexity index is 959. The van der Waals surface area contributed by atoms with E-state index in [-0.39, 0.29) is 16.1 Å². The Hall–Kier alpha value is -2.80. The third-order valence-electron chi connectivity index (χ3n) is 3.26. The van der Waals surface area contributed by atoms with Gasteiger partial charge in [-0.3, -0.25) is 14.4 Å². The molecule has 0 saturated carbocycles. The van der Waals surface area contributed by atoms with Crippen LogP contribution in [0.5, 0.6) is 0 Å². The van der Waals surface area contributed by atoms with Gasteiger partial charge in [-0.2, -0.15) is 0 Å². The largest absolute Gasteiger partial charge is 0.284 e. The molecule has 1 aliphatic heterocycles. The van der Waals surface area contributed by atoms with Gasteiger partial charge in [-0.15, -0.1) is 0 Å². The Balaban J connectivity index is 1.99. The molecule has 21 heavy (non-hydrogen) atoms. The lowest BCUT2D eigenvalue weighted by molar-refractivity contribution is 0.0925. The smallest absolute Gasteiger partial charge is 0.269 e. The van der Waals surface area contributed by atoms with Crippen LogP contribution in [0, 0.1) is 0 Å². The summed E-state index contributed by atoms with van der Waals surface area (Å²) in [5.41, 5.74) is 0.219. The van der Waals surface area contributed by atoms with E-state index in [1.54, 1.807) is 30.3 Å². The first-order valence-corrected chi connectivity index (χ1v) is 6.94. The Kier molecular flexibility index (Phi) is 2.34. The molecular formula is C14H7N3O3S. The lowest BCUT2D eigenvalue weighted by Crippen LogP contribution is -2.30. The quantitative estimate of drug-likeness (QED) is 0.639. The monoisotopic (exact) mass is 297 g/mol. The molecule has 6 nitrogen and oxygen atoms in total. The van der Waals surface area contributed by atoms with Gasteiger partial charge in [0.2, 0.25) is 0 Å². The number of imide groups is 1. The molecule has 0 radical (unpaired) electrons. The van der Waals surface area contributed by atoms with Gasteiger partial charge in [0, 0.05) is 12.3 Å². The van der Waals surface area contributed by atoms with Crippen LogP contribution in [0.1, 0.15) is 20.2 Å². The number of hydrogen-bond acceptors (Lipinski definition) is 5. The highest BCUT2D eigenvalue weighted by molar-refractivity contribution is 7.19. The number of para-hydroxylation sites is 1. The van der Waals surface area contributed by atoms with Gasteiger partial charge in [-0.25, -0.2) is 14.3 Å².